The van der Waals surface area contributed by atoms with Crippen LogP contribution in [0.4, 0.5) is 0 Å². The Morgan fingerprint density at radius 1 is 1.03 bits per heavy atom. The molecule has 0 saturated carbocycles. The molecule has 0 saturated heterocycles. The Labute approximate surface area is 202 Å². The van der Waals surface area contributed by atoms with Gasteiger partial charge in [0, 0.05) is 17.2 Å². The zero-order chi connectivity index (χ0) is 25.0. The lowest BCUT2D eigenvalue weighted by molar-refractivity contribution is -0.128. The van der Waals surface area contributed by atoms with Crippen molar-refractivity contribution >= 4 is 22.7 Å². The number of fused-ring (bicyclic) bond motifs is 1. The van der Waals surface area contributed by atoms with E-state index >= 15 is 0 Å². The van der Waals surface area contributed by atoms with Gasteiger partial charge in [-0.05, 0) is 66.1 Å². The first kappa shape index (κ1) is 25.5. The number of Topliss-reactive ketones (excluding diaryl/α,β-unsaturated/α-hetero) is 1. The molecule has 1 N–H and O–H groups in total. The molecular formula is C29H36O5. The normalized spacial score (nSPS) is 12.8. The average Bonchev–Trinajstić information content (AvgIpc) is 3.18. The Morgan fingerprint density at radius 2 is 1.76 bits per heavy atom. The Hall–Kier alpha value is -3.08. The van der Waals surface area contributed by atoms with E-state index in [1.54, 1.807) is 18.2 Å². The molecular weight excluding hydrogens is 428 g/mol. The predicted molar refractivity (Wildman–Crippen MR) is 135 cm³/mol. The van der Waals surface area contributed by atoms with Crippen molar-refractivity contribution in [2.24, 2.45) is 5.41 Å². The van der Waals surface area contributed by atoms with Crippen LogP contribution in [-0.2, 0) is 11.2 Å². The molecule has 182 valence electrons. The lowest BCUT2D eigenvalue weighted by Gasteiger charge is -2.20. The third-order valence-electron chi connectivity index (χ3n) is 6.29. The second-order valence-corrected chi connectivity index (χ2v) is 10.5. The Kier molecular flexibility index (Phi) is 7.86. The van der Waals surface area contributed by atoms with Gasteiger partial charge in [-0.2, -0.15) is 0 Å². The summed E-state index contributed by atoms with van der Waals surface area (Å²) in [6, 6.07) is 13.2. The Bertz CT molecular complexity index is 1160. The minimum absolute atomic E-state index is 0.0869. The van der Waals surface area contributed by atoms with E-state index in [9.17, 15) is 9.59 Å². The number of carboxylic acids is 1. The molecule has 3 aromatic rings. The van der Waals surface area contributed by atoms with Crippen LogP contribution >= 0.6 is 0 Å². The number of hydrogen-bond donors (Lipinski definition) is 1. The van der Waals surface area contributed by atoms with Crippen LogP contribution in [0.3, 0.4) is 0 Å². The minimum atomic E-state index is -0.934. The predicted octanol–water partition coefficient (Wildman–Crippen LogP) is 7.37. The molecule has 1 aromatic heterocycles. The lowest BCUT2D eigenvalue weighted by Crippen LogP contribution is -2.26. The number of ketones is 1. The molecule has 5 heteroatoms. The van der Waals surface area contributed by atoms with Crippen LogP contribution in [0.2, 0.25) is 0 Å². The fourth-order valence-electron chi connectivity index (χ4n) is 3.92. The molecule has 1 heterocycles. The summed E-state index contributed by atoms with van der Waals surface area (Å²) in [6.07, 6.45) is 2.76. The maximum Gasteiger partial charge on any atom is 0.335 e. The van der Waals surface area contributed by atoms with Crippen LogP contribution < -0.4 is 4.74 Å². The van der Waals surface area contributed by atoms with Crippen LogP contribution in [0.1, 0.15) is 93.5 Å². The summed E-state index contributed by atoms with van der Waals surface area (Å²) >= 11 is 0. The van der Waals surface area contributed by atoms with Crippen LogP contribution in [0.15, 0.2) is 46.9 Å². The molecule has 0 aliphatic carbocycles. The van der Waals surface area contributed by atoms with Crippen molar-refractivity contribution in [1.82, 2.24) is 0 Å². The molecule has 0 radical (unpaired) electrons. The van der Waals surface area contributed by atoms with Crippen molar-refractivity contribution in [2.75, 3.05) is 6.61 Å². The first-order valence-electron chi connectivity index (χ1n) is 12.0. The van der Waals surface area contributed by atoms with Crippen molar-refractivity contribution in [3.05, 3.63) is 64.9 Å². The van der Waals surface area contributed by atoms with Gasteiger partial charge in [0.25, 0.3) is 0 Å². The quantitative estimate of drug-likeness (QED) is 0.339. The number of aromatic carboxylic acids is 1. The van der Waals surface area contributed by atoms with E-state index in [0.29, 0.717) is 5.92 Å². The van der Waals surface area contributed by atoms with Gasteiger partial charge in [0.05, 0.1) is 5.56 Å². The number of carboxylic acid groups (broad SMARTS) is 1. The number of aryl methyl sites for hydroxylation is 1. The SMILES string of the molecule is CC(C)c1cc(C(C)CCCc2cc3cc(C(=O)O)ccc3o2)ccc1OCC(=O)C(C)(C)C. The molecule has 5 nitrogen and oxygen atoms in total. The summed E-state index contributed by atoms with van der Waals surface area (Å²) in [4.78, 5) is 23.4. The summed E-state index contributed by atoms with van der Waals surface area (Å²) in [5.74, 6) is 1.47. The topological polar surface area (TPSA) is 76.7 Å². The molecule has 2 aromatic carbocycles. The molecule has 3 rings (SSSR count). The molecule has 0 amide bonds. The summed E-state index contributed by atoms with van der Waals surface area (Å²) in [7, 11) is 0. The molecule has 0 fully saturated rings. The highest BCUT2D eigenvalue weighted by Gasteiger charge is 2.22. The molecule has 0 spiro atoms. The highest BCUT2D eigenvalue weighted by Crippen LogP contribution is 2.32. The molecule has 1 atom stereocenters. The molecule has 34 heavy (non-hydrogen) atoms. The minimum Gasteiger partial charge on any atom is -0.486 e. The van der Waals surface area contributed by atoms with Gasteiger partial charge < -0.3 is 14.3 Å². The number of carbonyl (C=O) groups is 2. The maximum absolute atomic E-state index is 12.3. The van der Waals surface area contributed by atoms with Gasteiger partial charge in [0.1, 0.15) is 23.7 Å². The van der Waals surface area contributed by atoms with Gasteiger partial charge in [0.15, 0.2) is 5.78 Å². The fraction of sp³-hybridized carbons (Fsp3) is 0.448. The standard InChI is InChI=1S/C29H36O5/c1-18(2)24-16-20(10-13-26(24)33-17-27(30)29(4,5)6)19(3)8-7-9-23-15-22-14-21(28(31)32)11-12-25(22)34-23/h10-16,18-19H,7-9,17H2,1-6H3,(H,31,32). The number of carbonyl (C=O) groups excluding carboxylic acids is 1. The van der Waals surface area contributed by atoms with Gasteiger partial charge in [-0.1, -0.05) is 53.7 Å². The highest BCUT2D eigenvalue weighted by atomic mass is 16.5. The van der Waals surface area contributed by atoms with Crippen LogP contribution in [0.25, 0.3) is 11.0 Å². The van der Waals surface area contributed by atoms with Crippen molar-refractivity contribution in [3.63, 3.8) is 0 Å². The third kappa shape index (κ3) is 6.28. The number of rotatable bonds is 10. The third-order valence-corrected chi connectivity index (χ3v) is 6.29. The van der Waals surface area contributed by atoms with E-state index in [1.807, 2.05) is 32.9 Å². The van der Waals surface area contributed by atoms with Gasteiger partial charge in [0.2, 0.25) is 0 Å². The largest absolute Gasteiger partial charge is 0.486 e. The summed E-state index contributed by atoms with van der Waals surface area (Å²) in [6.45, 7) is 12.3. The van der Waals surface area contributed by atoms with Crippen LogP contribution in [0.5, 0.6) is 5.75 Å². The lowest BCUT2D eigenvalue weighted by atomic mass is 9.90. The average molecular weight is 465 g/mol. The van der Waals surface area contributed by atoms with E-state index in [1.165, 1.54) is 5.56 Å². The van der Waals surface area contributed by atoms with Crippen molar-refractivity contribution in [1.29, 1.82) is 0 Å². The maximum atomic E-state index is 12.3. The second-order valence-electron chi connectivity index (χ2n) is 10.5. The summed E-state index contributed by atoms with van der Waals surface area (Å²) < 4.78 is 11.8. The smallest absolute Gasteiger partial charge is 0.335 e. The Morgan fingerprint density at radius 3 is 2.41 bits per heavy atom. The van der Waals surface area contributed by atoms with Gasteiger partial charge in [-0.25, -0.2) is 4.79 Å². The van der Waals surface area contributed by atoms with Crippen molar-refractivity contribution in [2.45, 2.75) is 72.6 Å². The highest BCUT2D eigenvalue weighted by molar-refractivity contribution is 5.93. The zero-order valence-electron chi connectivity index (χ0n) is 21.1. The number of hydrogen-bond acceptors (Lipinski definition) is 4. The summed E-state index contributed by atoms with van der Waals surface area (Å²) in [5.41, 5.74) is 2.96. The van der Waals surface area contributed by atoms with Crippen LogP contribution in [0, 0.1) is 5.41 Å². The van der Waals surface area contributed by atoms with Crippen molar-refractivity contribution < 1.29 is 23.8 Å². The first-order valence-corrected chi connectivity index (χ1v) is 12.0. The van der Waals surface area contributed by atoms with Crippen LogP contribution in [-0.4, -0.2) is 23.5 Å². The number of benzene rings is 2. The van der Waals surface area contributed by atoms with E-state index in [-0.39, 0.29) is 23.9 Å². The monoisotopic (exact) mass is 464 g/mol. The van der Waals surface area contributed by atoms with Gasteiger partial charge in [-0.3, -0.25) is 4.79 Å². The molecule has 0 aliphatic heterocycles. The van der Waals surface area contributed by atoms with E-state index in [0.717, 1.165) is 47.3 Å². The Balaban J connectivity index is 1.62. The molecule has 0 bridgehead atoms. The molecule has 1 unspecified atom stereocenters. The van der Waals surface area contributed by atoms with E-state index in [4.69, 9.17) is 14.3 Å². The number of furan rings is 1. The molecule has 0 aliphatic rings. The number of ether oxygens (including phenoxy) is 1. The zero-order valence-corrected chi connectivity index (χ0v) is 21.1. The summed E-state index contributed by atoms with van der Waals surface area (Å²) in [5, 5.41) is 9.99. The van der Waals surface area contributed by atoms with E-state index in [2.05, 4.69) is 32.9 Å². The van der Waals surface area contributed by atoms with Gasteiger partial charge >= 0.3 is 5.97 Å². The fourth-order valence-corrected chi connectivity index (χ4v) is 3.92. The first-order chi connectivity index (χ1) is 16.0. The van der Waals surface area contributed by atoms with Crippen molar-refractivity contribution in [3.8, 4) is 5.75 Å². The van der Waals surface area contributed by atoms with E-state index < -0.39 is 11.4 Å². The second kappa shape index (κ2) is 10.5. The van der Waals surface area contributed by atoms with Gasteiger partial charge in [-0.15, -0.1) is 0 Å².